The van der Waals surface area contributed by atoms with Gasteiger partial charge in [-0.05, 0) is 43.5 Å². The number of likely N-dealkylation sites (N-methyl/N-ethyl adjacent to an activating group) is 1. The van der Waals surface area contributed by atoms with Crippen molar-refractivity contribution in [3.63, 3.8) is 0 Å². The summed E-state index contributed by atoms with van der Waals surface area (Å²) in [4.78, 5) is 2.35. The lowest BCUT2D eigenvalue weighted by atomic mass is 10.1. The van der Waals surface area contributed by atoms with E-state index >= 15 is 0 Å². The Morgan fingerprint density at radius 2 is 2.25 bits per heavy atom. The maximum Gasteiger partial charge on any atom is 0.0409 e. The van der Waals surface area contributed by atoms with Crippen LogP contribution in [0.5, 0.6) is 0 Å². The van der Waals surface area contributed by atoms with Gasteiger partial charge in [-0.2, -0.15) is 0 Å². The van der Waals surface area contributed by atoms with Gasteiger partial charge in [0.25, 0.3) is 0 Å². The third-order valence-corrected chi connectivity index (χ3v) is 3.53. The van der Waals surface area contributed by atoms with Gasteiger partial charge in [0.15, 0.2) is 0 Å². The summed E-state index contributed by atoms with van der Waals surface area (Å²) in [5.74, 6) is 0.814. The van der Waals surface area contributed by atoms with Crippen molar-refractivity contribution in [1.82, 2.24) is 4.90 Å². The summed E-state index contributed by atoms with van der Waals surface area (Å²) in [5, 5.41) is 0.807. The average Bonchev–Trinajstić information content (AvgIpc) is 3.03. The van der Waals surface area contributed by atoms with Gasteiger partial charge in [-0.25, -0.2) is 0 Å². The van der Waals surface area contributed by atoms with Crippen LogP contribution in [0, 0.1) is 5.92 Å². The van der Waals surface area contributed by atoms with E-state index in [1.165, 1.54) is 18.4 Å². The number of benzene rings is 1. The third kappa shape index (κ3) is 2.97. The Balaban J connectivity index is 1.97. The summed E-state index contributed by atoms with van der Waals surface area (Å²) < 4.78 is 0. The minimum absolute atomic E-state index is 0.527. The van der Waals surface area contributed by atoms with Gasteiger partial charge in [-0.3, -0.25) is 4.90 Å². The Morgan fingerprint density at radius 1 is 1.50 bits per heavy atom. The van der Waals surface area contributed by atoms with Crippen LogP contribution in [-0.4, -0.2) is 24.5 Å². The van der Waals surface area contributed by atoms with Gasteiger partial charge in [0.1, 0.15) is 0 Å². The molecule has 0 radical (unpaired) electrons. The van der Waals surface area contributed by atoms with E-state index < -0.39 is 0 Å². The van der Waals surface area contributed by atoms with Crippen LogP contribution in [0.25, 0.3) is 0 Å². The van der Waals surface area contributed by atoms with E-state index in [0.717, 1.165) is 24.0 Å². The van der Waals surface area contributed by atoms with E-state index in [1.807, 2.05) is 18.2 Å². The molecule has 1 aliphatic rings. The Bertz CT molecular complexity index is 350. The molecule has 0 heterocycles. The molecule has 1 saturated carbocycles. The largest absolute Gasteiger partial charge is 0.329 e. The van der Waals surface area contributed by atoms with E-state index in [2.05, 4.69) is 18.0 Å². The lowest BCUT2D eigenvalue weighted by Crippen LogP contribution is -2.39. The molecular formula is C13H19ClN2. The number of rotatable bonds is 5. The van der Waals surface area contributed by atoms with Crippen LogP contribution >= 0.6 is 11.6 Å². The Labute approximate surface area is 102 Å². The molecule has 1 aliphatic carbocycles. The first-order valence-corrected chi connectivity index (χ1v) is 6.23. The highest BCUT2D eigenvalue weighted by Crippen LogP contribution is 2.34. The second-order valence-electron chi connectivity index (χ2n) is 4.69. The smallest absolute Gasteiger partial charge is 0.0409 e. The van der Waals surface area contributed by atoms with Crippen LogP contribution in [0.2, 0.25) is 5.02 Å². The molecule has 3 heteroatoms. The molecule has 2 nitrogen and oxygen atoms in total. The average molecular weight is 239 g/mol. The van der Waals surface area contributed by atoms with E-state index in [9.17, 15) is 0 Å². The molecule has 1 atom stereocenters. The lowest BCUT2D eigenvalue weighted by molar-refractivity contribution is 0.215. The SMILES string of the molecule is CN(Cc1cccc(Cl)c1)C(CN)C1CC1. The molecule has 16 heavy (non-hydrogen) atoms. The number of hydrogen-bond acceptors (Lipinski definition) is 2. The van der Waals surface area contributed by atoms with Gasteiger partial charge >= 0.3 is 0 Å². The fourth-order valence-electron chi connectivity index (χ4n) is 2.25. The fraction of sp³-hybridized carbons (Fsp3) is 0.538. The summed E-state index contributed by atoms with van der Waals surface area (Å²) >= 11 is 5.97. The number of halogens is 1. The molecule has 1 aromatic carbocycles. The maximum atomic E-state index is 5.97. The Hall–Kier alpha value is -0.570. The summed E-state index contributed by atoms with van der Waals surface area (Å²) in [6, 6.07) is 8.58. The Morgan fingerprint density at radius 3 is 2.81 bits per heavy atom. The first kappa shape index (κ1) is 11.9. The van der Waals surface area contributed by atoms with E-state index in [1.54, 1.807) is 0 Å². The molecule has 2 rings (SSSR count). The molecule has 0 aliphatic heterocycles. The van der Waals surface area contributed by atoms with Crippen LogP contribution < -0.4 is 5.73 Å². The summed E-state index contributed by atoms with van der Waals surface area (Å²) in [7, 11) is 2.15. The summed E-state index contributed by atoms with van der Waals surface area (Å²) in [6.07, 6.45) is 2.67. The van der Waals surface area contributed by atoms with Gasteiger partial charge in [0, 0.05) is 24.2 Å². The second kappa shape index (κ2) is 5.17. The van der Waals surface area contributed by atoms with Gasteiger partial charge in [-0.1, -0.05) is 23.7 Å². The zero-order valence-corrected chi connectivity index (χ0v) is 10.5. The van der Waals surface area contributed by atoms with Crippen LogP contribution in [0.4, 0.5) is 0 Å². The van der Waals surface area contributed by atoms with Gasteiger partial charge in [0.05, 0.1) is 0 Å². The van der Waals surface area contributed by atoms with Crippen molar-refractivity contribution in [3.8, 4) is 0 Å². The van der Waals surface area contributed by atoms with E-state index in [4.69, 9.17) is 17.3 Å². The molecule has 2 N–H and O–H groups in total. The first-order valence-electron chi connectivity index (χ1n) is 5.85. The Kier molecular flexibility index (Phi) is 3.85. The summed E-state index contributed by atoms with van der Waals surface area (Å²) in [5.41, 5.74) is 7.09. The highest BCUT2D eigenvalue weighted by Gasteiger charge is 2.32. The molecule has 1 aromatic rings. The minimum Gasteiger partial charge on any atom is -0.329 e. The molecule has 0 amide bonds. The quantitative estimate of drug-likeness (QED) is 0.854. The van der Waals surface area contributed by atoms with Crippen molar-refractivity contribution in [2.45, 2.75) is 25.4 Å². The zero-order chi connectivity index (χ0) is 11.5. The molecule has 1 unspecified atom stereocenters. The topological polar surface area (TPSA) is 29.3 Å². The van der Waals surface area contributed by atoms with E-state index in [-0.39, 0.29) is 0 Å². The fourth-order valence-corrected chi connectivity index (χ4v) is 2.47. The minimum atomic E-state index is 0.527. The number of nitrogens with zero attached hydrogens (tertiary/aromatic N) is 1. The standard InChI is InChI=1S/C13H19ClN2/c1-16(13(8-15)11-5-6-11)9-10-3-2-4-12(14)7-10/h2-4,7,11,13H,5-6,8-9,15H2,1H3. The van der Waals surface area contributed by atoms with Crippen LogP contribution in [0.3, 0.4) is 0 Å². The number of nitrogens with two attached hydrogens (primary N) is 1. The normalized spacial score (nSPS) is 17.8. The highest BCUT2D eigenvalue weighted by atomic mass is 35.5. The van der Waals surface area contributed by atoms with Gasteiger partial charge in [0.2, 0.25) is 0 Å². The molecular weight excluding hydrogens is 220 g/mol. The molecule has 0 saturated heterocycles. The van der Waals surface area contributed by atoms with Crippen LogP contribution in [-0.2, 0) is 6.54 Å². The molecule has 88 valence electrons. The molecule has 0 spiro atoms. The number of hydrogen-bond donors (Lipinski definition) is 1. The van der Waals surface area contributed by atoms with Crippen molar-refractivity contribution in [2.75, 3.05) is 13.6 Å². The van der Waals surface area contributed by atoms with Crippen LogP contribution in [0.1, 0.15) is 18.4 Å². The summed E-state index contributed by atoms with van der Waals surface area (Å²) in [6.45, 7) is 1.68. The first-order chi connectivity index (χ1) is 7.70. The van der Waals surface area contributed by atoms with Gasteiger partial charge < -0.3 is 5.73 Å². The van der Waals surface area contributed by atoms with E-state index in [0.29, 0.717) is 6.04 Å². The zero-order valence-electron chi connectivity index (χ0n) is 9.70. The van der Waals surface area contributed by atoms with Crippen molar-refractivity contribution >= 4 is 11.6 Å². The van der Waals surface area contributed by atoms with Gasteiger partial charge in [-0.15, -0.1) is 0 Å². The van der Waals surface area contributed by atoms with Crippen molar-refractivity contribution in [1.29, 1.82) is 0 Å². The van der Waals surface area contributed by atoms with Crippen molar-refractivity contribution in [3.05, 3.63) is 34.9 Å². The lowest BCUT2D eigenvalue weighted by Gasteiger charge is -2.27. The van der Waals surface area contributed by atoms with Crippen LogP contribution in [0.15, 0.2) is 24.3 Å². The second-order valence-corrected chi connectivity index (χ2v) is 5.12. The highest BCUT2D eigenvalue weighted by molar-refractivity contribution is 6.30. The molecule has 0 aromatic heterocycles. The third-order valence-electron chi connectivity index (χ3n) is 3.29. The van der Waals surface area contributed by atoms with Crippen molar-refractivity contribution < 1.29 is 0 Å². The predicted octanol–water partition coefficient (Wildman–Crippen LogP) is 2.51. The van der Waals surface area contributed by atoms with Crippen molar-refractivity contribution in [2.24, 2.45) is 11.7 Å². The predicted molar refractivity (Wildman–Crippen MR) is 68.5 cm³/mol. The maximum absolute atomic E-state index is 5.97. The molecule has 1 fully saturated rings. The molecule has 0 bridgehead atoms. The monoisotopic (exact) mass is 238 g/mol.